The third-order valence-corrected chi connectivity index (χ3v) is 3.01. The fourth-order valence-electron chi connectivity index (χ4n) is 1.95. The molecule has 0 radical (unpaired) electrons. The van der Waals surface area contributed by atoms with Gasteiger partial charge in [-0.15, -0.1) is 0 Å². The van der Waals surface area contributed by atoms with Crippen LogP contribution in [-0.2, 0) is 10.2 Å². The predicted octanol–water partition coefficient (Wildman–Crippen LogP) is 3.66. The van der Waals surface area contributed by atoms with Crippen LogP contribution in [0.5, 0.6) is 0 Å². The number of benzene rings is 1. The van der Waals surface area contributed by atoms with Crippen LogP contribution in [0.1, 0.15) is 37.5 Å². The average Bonchev–Trinajstić information content (AvgIpc) is 2.20. The zero-order valence-corrected chi connectivity index (χ0v) is 12.0. The number of rotatable bonds is 4. The Kier molecular flexibility index (Phi) is 4.58. The first kappa shape index (κ1) is 14.0. The zero-order chi connectivity index (χ0) is 13.1. The Morgan fingerprint density at radius 2 is 1.65 bits per heavy atom. The summed E-state index contributed by atoms with van der Waals surface area (Å²) in [6, 6.07) is 4.56. The molecular formula is C15H25NO. The Hall–Kier alpha value is -1.02. The summed E-state index contributed by atoms with van der Waals surface area (Å²) in [5, 5.41) is 3.44. The zero-order valence-electron chi connectivity index (χ0n) is 12.0. The van der Waals surface area contributed by atoms with Crippen molar-refractivity contribution in [3.63, 3.8) is 0 Å². The predicted molar refractivity (Wildman–Crippen MR) is 75.0 cm³/mol. The molecule has 0 aliphatic carbocycles. The first-order chi connectivity index (χ1) is 7.86. The first-order valence-electron chi connectivity index (χ1n) is 6.21. The van der Waals surface area contributed by atoms with Gasteiger partial charge in [-0.3, -0.25) is 0 Å². The number of hydrogen-bond donors (Lipinski definition) is 1. The van der Waals surface area contributed by atoms with Gasteiger partial charge in [0.15, 0.2) is 0 Å². The lowest BCUT2D eigenvalue weighted by Crippen LogP contribution is -2.14. The molecule has 0 aliphatic heterocycles. The van der Waals surface area contributed by atoms with Crippen LogP contribution in [0.3, 0.4) is 0 Å². The van der Waals surface area contributed by atoms with Crippen molar-refractivity contribution in [1.82, 2.24) is 0 Å². The molecule has 1 rings (SSSR count). The average molecular weight is 235 g/mol. The molecule has 0 bridgehead atoms. The normalized spacial score (nSPS) is 11.6. The highest BCUT2D eigenvalue weighted by Gasteiger charge is 2.15. The molecule has 0 spiro atoms. The van der Waals surface area contributed by atoms with Gasteiger partial charge >= 0.3 is 0 Å². The molecule has 0 aromatic heterocycles. The Balaban J connectivity index is 2.95. The highest BCUT2D eigenvalue weighted by Crippen LogP contribution is 2.29. The molecule has 0 saturated heterocycles. The molecule has 0 aliphatic rings. The SMILES string of the molecule is COCCNc1c(C)cc(C(C)(C)C)cc1C. The van der Waals surface area contributed by atoms with Crippen molar-refractivity contribution in [2.45, 2.75) is 40.0 Å². The fraction of sp³-hybridized carbons (Fsp3) is 0.600. The monoisotopic (exact) mass is 235 g/mol. The van der Waals surface area contributed by atoms with Crippen molar-refractivity contribution in [3.8, 4) is 0 Å². The Morgan fingerprint density at radius 3 is 2.06 bits per heavy atom. The molecule has 0 fully saturated rings. The summed E-state index contributed by atoms with van der Waals surface area (Å²) in [6.07, 6.45) is 0. The maximum absolute atomic E-state index is 5.06. The van der Waals surface area contributed by atoms with Crippen LogP contribution in [0.15, 0.2) is 12.1 Å². The van der Waals surface area contributed by atoms with E-state index < -0.39 is 0 Å². The third kappa shape index (κ3) is 3.74. The van der Waals surface area contributed by atoms with Crippen LogP contribution < -0.4 is 5.32 Å². The van der Waals surface area contributed by atoms with Gasteiger partial charge in [-0.2, -0.15) is 0 Å². The summed E-state index contributed by atoms with van der Waals surface area (Å²) in [5.74, 6) is 0. The van der Waals surface area contributed by atoms with E-state index >= 15 is 0 Å². The highest BCUT2D eigenvalue weighted by atomic mass is 16.5. The topological polar surface area (TPSA) is 21.3 Å². The van der Waals surface area contributed by atoms with Crippen LogP contribution in [0.4, 0.5) is 5.69 Å². The summed E-state index contributed by atoms with van der Waals surface area (Å²) in [5.41, 5.74) is 5.47. The van der Waals surface area contributed by atoms with E-state index in [-0.39, 0.29) is 5.41 Å². The molecule has 0 atom stereocenters. The van der Waals surface area contributed by atoms with Gasteiger partial charge in [0.25, 0.3) is 0 Å². The second-order valence-corrected chi connectivity index (χ2v) is 5.65. The highest BCUT2D eigenvalue weighted by molar-refractivity contribution is 5.59. The molecular weight excluding hydrogens is 210 g/mol. The van der Waals surface area contributed by atoms with E-state index in [1.54, 1.807) is 7.11 Å². The first-order valence-corrected chi connectivity index (χ1v) is 6.21. The van der Waals surface area contributed by atoms with E-state index in [4.69, 9.17) is 4.74 Å². The quantitative estimate of drug-likeness (QED) is 0.804. The van der Waals surface area contributed by atoms with E-state index in [9.17, 15) is 0 Å². The summed E-state index contributed by atoms with van der Waals surface area (Å²) in [6.45, 7) is 12.7. The van der Waals surface area contributed by atoms with Crippen LogP contribution in [0.2, 0.25) is 0 Å². The molecule has 0 unspecified atom stereocenters. The summed E-state index contributed by atoms with van der Waals surface area (Å²) in [7, 11) is 1.73. The van der Waals surface area contributed by atoms with E-state index in [0.717, 1.165) is 13.2 Å². The molecule has 0 saturated carbocycles. The minimum atomic E-state index is 0.209. The van der Waals surface area contributed by atoms with Crippen LogP contribution in [0.25, 0.3) is 0 Å². The van der Waals surface area contributed by atoms with Crippen molar-refractivity contribution < 1.29 is 4.74 Å². The third-order valence-electron chi connectivity index (χ3n) is 3.01. The van der Waals surface area contributed by atoms with Crippen molar-refractivity contribution >= 4 is 5.69 Å². The maximum Gasteiger partial charge on any atom is 0.0635 e. The fourth-order valence-corrected chi connectivity index (χ4v) is 1.95. The second kappa shape index (κ2) is 5.54. The van der Waals surface area contributed by atoms with Crippen molar-refractivity contribution in [2.24, 2.45) is 0 Å². The Labute approximate surface area is 105 Å². The summed E-state index contributed by atoms with van der Waals surface area (Å²) in [4.78, 5) is 0. The molecule has 0 heterocycles. The number of nitrogens with one attached hydrogen (secondary N) is 1. The van der Waals surface area contributed by atoms with Crippen molar-refractivity contribution in [3.05, 3.63) is 28.8 Å². The number of hydrogen-bond acceptors (Lipinski definition) is 2. The van der Waals surface area contributed by atoms with Crippen LogP contribution in [-0.4, -0.2) is 20.3 Å². The molecule has 2 nitrogen and oxygen atoms in total. The molecule has 17 heavy (non-hydrogen) atoms. The number of anilines is 1. The summed E-state index contributed by atoms with van der Waals surface area (Å²) < 4.78 is 5.06. The van der Waals surface area contributed by atoms with Gasteiger partial charge in [-0.1, -0.05) is 32.9 Å². The van der Waals surface area contributed by atoms with Crippen molar-refractivity contribution in [2.75, 3.05) is 25.6 Å². The van der Waals surface area contributed by atoms with Gasteiger partial charge in [-0.05, 0) is 36.0 Å². The molecule has 0 amide bonds. The lowest BCUT2D eigenvalue weighted by atomic mass is 9.85. The van der Waals surface area contributed by atoms with E-state index in [2.05, 4.69) is 52.1 Å². The number of aryl methyl sites for hydroxylation is 2. The number of methoxy groups -OCH3 is 1. The van der Waals surface area contributed by atoms with E-state index in [0.29, 0.717) is 0 Å². The molecule has 1 aromatic carbocycles. The largest absolute Gasteiger partial charge is 0.383 e. The lowest BCUT2D eigenvalue weighted by Gasteiger charge is -2.22. The molecule has 1 aromatic rings. The van der Waals surface area contributed by atoms with Crippen LogP contribution >= 0.6 is 0 Å². The summed E-state index contributed by atoms with van der Waals surface area (Å²) >= 11 is 0. The van der Waals surface area contributed by atoms with Crippen LogP contribution in [0, 0.1) is 13.8 Å². The van der Waals surface area contributed by atoms with Crippen molar-refractivity contribution in [1.29, 1.82) is 0 Å². The van der Waals surface area contributed by atoms with Gasteiger partial charge in [0, 0.05) is 19.3 Å². The minimum Gasteiger partial charge on any atom is -0.383 e. The minimum absolute atomic E-state index is 0.209. The van der Waals surface area contributed by atoms with Gasteiger partial charge in [-0.25, -0.2) is 0 Å². The molecule has 1 N–H and O–H groups in total. The Bertz CT molecular complexity index is 354. The maximum atomic E-state index is 5.06. The lowest BCUT2D eigenvalue weighted by molar-refractivity contribution is 0.211. The Morgan fingerprint density at radius 1 is 1.12 bits per heavy atom. The standard InChI is InChI=1S/C15H25NO/c1-11-9-13(15(3,4)5)10-12(2)14(11)16-7-8-17-6/h9-10,16H,7-8H2,1-6H3. The number of ether oxygens (including phenoxy) is 1. The second-order valence-electron chi connectivity index (χ2n) is 5.65. The molecule has 96 valence electrons. The van der Waals surface area contributed by atoms with Gasteiger partial charge < -0.3 is 10.1 Å². The van der Waals surface area contributed by atoms with Gasteiger partial charge in [0.05, 0.1) is 6.61 Å². The van der Waals surface area contributed by atoms with Gasteiger partial charge in [0.2, 0.25) is 0 Å². The van der Waals surface area contributed by atoms with E-state index in [1.165, 1.54) is 22.4 Å². The van der Waals surface area contributed by atoms with E-state index in [1.807, 2.05) is 0 Å². The smallest absolute Gasteiger partial charge is 0.0635 e. The molecule has 2 heteroatoms. The van der Waals surface area contributed by atoms with Gasteiger partial charge in [0.1, 0.15) is 0 Å².